The molecule has 1 aliphatic heterocycles. The largest absolute Gasteiger partial charge is 0.478 e. The van der Waals surface area contributed by atoms with Crippen LogP contribution in [0, 0.1) is 0 Å². The van der Waals surface area contributed by atoms with Crippen molar-refractivity contribution in [3.05, 3.63) is 84.1 Å². The molecule has 8 heteroatoms. The van der Waals surface area contributed by atoms with E-state index in [1.807, 2.05) is 29.9 Å². The van der Waals surface area contributed by atoms with Crippen molar-refractivity contribution in [2.24, 2.45) is 7.05 Å². The van der Waals surface area contributed by atoms with E-state index in [4.69, 9.17) is 5.11 Å². The molecular formula is C24H21F2N3O3. The summed E-state index contributed by atoms with van der Waals surface area (Å²) in [6.45, 7) is -0.247. The Labute approximate surface area is 183 Å². The van der Waals surface area contributed by atoms with E-state index in [1.54, 1.807) is 42.5 Å². The third-order valence-electron chi connectivity index (χ3n) is 5.39. The Morgan fingerprint density at radius 1 is 1.06 bits per heavy atom. The van der Waals surface area contributed by atoms with Crippen LogP contribution in [0.1, 0.15) is 22.3 Å². The van der Waals surface area contributed by atoms with Crippen molar-refractivity contribution in [3.8, 4) is 0 Å². The second kappa shape index (κ2) is 8.30. The van der Waals surface area contributed by atoms with Gasteiger partial charge in [0.05, 0.1) is 5.69 Å². The van der Waals surface area contributed by atoms with Gasteiger partial charge in [-0.1, -0.05) is 18.2 Å². The first-order valence-corrected chi connectivity index (χ1v) is 9.99. The molecule has 0 aliphatic carbocycles. The molecule has 1 aromatic heterocycles. The van der Waals surface area contributed by atoms with Crippen LogP contribution in [-0.2, 0) is 11.8 Å². The van der Waals surface area contributed by atoms with E-state index < -0.39 is 29.8 Å². The molecule has 0 bridgehead atoms. The van der Waals surface area contributed by atoms with Crippen LogP contribution in [0.15, 0.2) is 72.9 Å². The van der Waals surface area contributed by atoms with E-state index >= 15 is 0 Å². The number of carbonyl (C=O) groups excluding carboxylic acids is 1. The molecular weight excluding hydrogens is 416 g/mol. The Morgan fingerprint density at radius 2 is 1.78 bits per heavy atom. The summed E-state index contributed by atoms with van der Waals surface area (Å²) in [6.07, 6.45) is 1.75. The number of nitrogens with zero attached hydrogens (tertiary/aromatic N) is 2. The normalized spacial score (nSPS) is 16.3. The van der Waals surface area contributed by atoms with Crippen LogP contribution in [0.2, 0.25) is 0 Å². The third kappa shape index (κ3) is 4.12. The second-order valence-electron chi connectivity index (χ2n) is 7.53. The molecule has 1 aliphatic rings. The zero-order valence-corrected chi connectivity index (χ0v) is 17.3. The lowest BCUT2D eigenvalue weighted by Gasteiger charge is -2.23. The van der Waals surface area contributed by atoms with Gasteiger partial charge in [-0.3, -0.25) is 4.79 Å². The monoisotopic (exact) mass is 437 g/mol. The fraction of sp³-hybridized carbons (Fsp3) is 0.167. The van der Waals surface area contributed by atoms with Crippen LogP contribution >= 0.6 is 0 Å². The zero-order valence-electron chi connectivity index (χ0n) is 17.3. The lowest BCUT2D eigenvalue weighted by molar-refractivity contribution is -0.131. The summed E-state index contributed by atoms with van der Waals surface area (Å²) in [5.74, 6) is -4.40. The number of carboxylic acids is 1. The highest BCUT2D eigenvalue weighted by atomic mass is 19.3. The lowest BCUT2D eigenvalue weighted by Crippen LogP contribution is -2.33. The maximum atomic E-state index is 14.8. The van der Waals surface area contributed by atoms with Crippen LogP contribution in [0.4, 0.5) is 26.0 Å². The molecule has 0 fully saturated rings. The van der Waals surface area contributed by atoms with Gasteiger partial charge in [0, 0.05) is 54.7 Å². The summed E-state index contributed by atoms with van der Waals surface area (Å²) in [6, 6.07) is 16.7. The van der Waals surface area contributed by atoms with Crippen molar-refractivity contribution in [1.29, 1.82) is 0 Å². The first kappa shape index (κ1) is 21.3. The minimum Gasteiger partial charge on any atom is -0.478 e. The number of para-hydroxylation sites is 1. The van der Waals surface area contributed by atoms with E-state index in [0.29, 0.717) is 11.6 Å². The van der Waals surface area contributed by atoms with Gasteiger partial charge in [0.15, 0.2) is 0 Å². The Bertz CT molecular complexity index is 1200. The number of carbonyl (C=O) groups is 2. The number of aryl methyl sites for hydroxylation is 1. The Balaban J connectivity index is 1.66. The van der Waals surface area contributed by atoms with Gasteiger partial charge in [0.25, 0.3) is 11.8 Å². The summed E-state index contributed by atoms with van der Waals surface area (Å²) < 4.78 is 31.5. The minimum absolute atomic E-state index is 0.0349. The molecule has 6 nitrogen and oxygen atoms in total. The summed E-state index contributed by atoms with van der Waals surface area (Å²) >= 11 is 0. The summed E-state index contributed by atoms with van der Waals surface area (Å²) in [7, 11) is 1.90. The van der Waals surface area contributed by atoms with E-state index in [9.17, 15) is 18.4 Å². The van der Waals surface area contributed by atoms with E-state index in [1.165, 1.54) is 11.0 Å². The van der Waals surface area contributed by atoms with E-state index in [2.05, 4.69) is 5.32 Å². The van der Waals surface area contributed by atoms with Gasteiger partial charge in [-0.15, -0.1) is 0 Å². The smallest absolute Gasteiger partial charge is 0.328 e. The van der Waals surface area contributed by atoms with Gasteiger partial charge >= 0.3 is 5.97 Å². The number of anilines is 3. The molecule has 0 spiro atoms. The maximum Gasteiger partial charge on any atom is 0.328 e. The molecule has 3 aromatic rings. The Hall–Kier alpha value is -3.94. The SMILES string of the molecule is Cn1cccc1Nc1ccc(C(=O)N2CCC(F)(F)/C(=C\C(=O)O)c3ccccc32)cc1. The van der Waals surface area contributed by atoms with Gasteiger partial charge in [0.1, 0.15) is 5.82 Å². The quantitative estimate of drug-likeness (QED) is 0.568. The van der Waals surface area contributed by atoms with Crippen LogP contribution in [0.3, 0.4) is 0 Å². The predicted molar refractivity (Wildman–Crippen MR) is 118 cm³/mol. The number of aliphatic carboxylic acids is 1. The lowest BCUT2D eigenvalue weighted by atomic mass is 9.97. The number of allylic oxidation sites excluding steroid dienone is 1. The number of rotatable bonds is 4. The fourth-order valence-corrected chi connectivity index (χ4v) is 3.75. The van der Waals surface area contributed by atoms with Crippen LogP contribution in [0.5, 0.6) is 0 Å². The molecule has 2 aromatic carbocycles. The van der Waals surface area contributed by atoms with Gasteiger partial charge in [0.2, 0.25) is 0 Å². The van der Waals surface area contributed by atoms with Gasteiger partial charge in [-0.25, -0.2) is 13.6 Å². The molecule has 32 heavy (non-hydrogen) atoms. The predicted octanol–water partition coefficient (Wildman–Crippen LogP) is 4.92. The minimum atomic E-state index is -3.38. The number of nitrogens with one attached hydrogen (secondary N) is 1. The van der Waals surface area contributed by atoms with Crippen LogP contribution < -0.4 is 10.2 Å². The molecule has 1 amide bonds. The number of aromatic nitrogens is 1. The molecule has 0 atom stereocenters. The molecule has 0 saturated heterocycles. The highest BCUT2D eigenvalue weighted by Gasteiger charge is 2.41. The average molecular weight is 437 g/mol. The van der Waals surface area contributed by atoms with E-state index in [-0.39, 0.29) is 17.8 Å². The highest BCUT2D eigenvalue weighted by Crippen LogP contribution is 2.43. The second-order valence-corrected chi connectivity index (χ2v) is 7.53. The van der Waals surface area contributed by atoms with Gasteiger partial charge < -0.3 is 19.9 Å². The number of benzene rings is 2. The molecule has 0 unspecified atom stereocenters. The Kier molecular flexibility index (Phi) is 5.52. The van der Waals surface area contributed by atoms with Crippen molar-refractivity contribution in [2.45, 2.75) is 12.3 Å². The topological polar surface area (TPSA) is 74.6 Å². The number of carboxylic acid groups (broad SMARTS) is 1. The standard InChI is InChI=1S/C24H21F2N3O3/c1-28-13-4-7-21(28)27-17-10-8-16(9-11-17)23(32)29-14-12-24(25,26)19(15-22(30)31)18-5-2-3-6-20(18)29/h2-11,13,15,27H,12,14H2,1H3,(H,30,31)/b19-15-. The Morgan fingerprint density at radius 3 is 2.44 bits per heavy atom. The first-order chi connectivity index (χ1) is 15.3. The van der Waals surface area contributed by atoms with Gasteiger partial charge in [-0.2, -0.15) is 0 Å². The van der Waals surface area contributed by atoms with Crippen molar-refractivity contribution in [1.82, 2.24) is 4.57 Å². The highest BCUT2D eigenvalue weighted by molar-refractivity contribution is 6.08. The van der Waals surface area contributed by atoms with Gasteiger partial charge in [-0.05, 0) is 42.5 Å². The van der Waals surface area contributed by atoms with Crippen molar-refractivity contribution in [3.63, 3.8) is 0 Å². The molecule has 0 radical (unpaired) electrons. The molecule has 2 heterocycles. The fourth-order valence-electron chi connectivity index (χ4n) is 3.75. The number of hydrogen-bond acceptors (Lipinski definition) is 3. The van der Waals surface area contributed by atoms with Crippen molar-refractivity contribution < 1.29 is 23.5 Å². The summed E-state index contributed by atoms with van der Waals surface area (Å²) in [4.78, 5) is 25.7. The van der Waals surface area contributed by atoms with E-state index in [0.717, 1.165) is 11.5 Å². The molecule has 0 saturated carbocycles. The van der Waals surface area contributed by atoms with Crippen LogP contribution in [-0.4, -0.2) is 34.0 Å². The summed E-state index contributed by atoms with van der Waals surface area (Å²) in [5, 5.41) is 12.3. The summed E-state index contributed by atoms with van der Waals surface area (Å²) in [5.41, 5.74) is 0.808. The van der Waals surface area contributed by atoms with Crippen LogP contribution in [0.25, 0.3) is 5.57 Å². The first-order valence-electron chi connectivity index (χ1n) is 9.99. The van der Waals surface area contributed by atoms with Crippen molar-refractivity contribution >= 4 is 34.6 Å². The number of alkyl halides is 2. The number of fused-ring (bicyclic) bond motifs is 1. The molecule has 4 rings (SSSR count). The molecule has 164 valence electrons. The number of halogens is 2. The maximum absolute atomic E-state index is 14.8. The number of amides is 1. The molecule has 2 N–H and O–H groups in total. The number of hydrogen-bond donors (Lipinski definition) is 2. The zero-order chi connectivity index (χ0) is 22.9. The van der Waals surface area contributed by atoms with Crippen molar-refractivity contribution in [2.75, 3.05) is 16.8 Å². The average Bonchev–Trinajstić information content (AvgIpc) is 3.12. The third-order valence-corrected chi connectivity index (χ3v) is 5.39.